The van der Waals surface area contributed by atoms with Gasteiger partial charge in [-0.1, -0.05) is 0 Å². The third-order valence-corrected chi connectivity index (χ3v) is 5.18. The van der Waals surface area contributed by atoms with Gasteiger partial charge in [-0.05, 0) is 57.3 Å². The van der Waals surface area contributed by atoms with Gasteiger partial charge in [-0.15, -0.1) is 0 Å². The van der Waals surface area contributed by atoms with Crippen LogP contribution in [0.15, 0.2) is 17.4 Å². The van der Waals surface area contributed by atoms with Crippen molar-refractivity contribution < 1.29 is 5.11 Å². The molecular weight excluding hydrogens is 302 g/mol. The quantitative estimate of drug-likeness (QED) is 0.499. The molecule has 2 fully saturated rings. The molecule has 0 radical (unpaired) electrons. The van der Waals surface area contributed by atoms with E-state index in [9.17, 15) is 5.11 Å². The zero-order valence-corrected chi connectivity index (χ0v) is 15.1. The van der Waals surface area contributed by atoms with Gasteiger partial charge in [0.1, 0.15) is 5.60 Å². The van der Waals surface area contributed by atoms with E-state index in [1.54, 1.807) is 17.8 Å². The van der Waals surface area contributed by atoms with Crippen molar-refractivity contribution in [3.63, 3.8) is 0 Å². The van der Waals surface area contributed by atoms with Gasteiger partial charge < -0.3 is 15.7 Å². The molecule has 2 aliphatic carbocycles. The van der Waals surface area contributed by atoms with Crippen LogP contribution in [0.5, 0.6) is 0 Å². The first-order valence-corrected chi connectivity index (χ1v) is 9.23. The molecule has 3 rings (SSSR count). The minimum atomic E-state index is -1.01. The van der Waals surface area contributed by atoms with Crippen LogP contribution in [-0.4, -0.2) is 40.5 Å². The molecule has 3 N–H and O–H groups in total. The zero-order chi connectivity index (χ0) is 17.2. The molecule has 1 atom stereocenters. The second-order valence-electron chi connectivity index (χ2n) is 7.59. The summed E-state index contributed by atoms with van der Waals surface area (Å²) in [6.45, 7) is 5.98. The minimum Gasteiger partial charge on any atom is -0.383 e. The van der Waals surface area contributed by atoms with Crippen LogP contribution in [0.1, 0.15) is 45.1 Å². The summed E-state index contributed by atoms with van der Waals surface area (Å²) in [6.07, 6.45) is 9.12. The number of rotatable bonds is 8. The van der Waals surface area contributed by atoms with E-state index in [4.69, 9.17) is 0 Å². The van der Waals surface area contributed by atoms with Gasteiger partial charge in [0, 0.05) is 31.9 Å². The predicted molar refractivity (Wildman–Crippen MR) is 95.7 cm³/mol. The molecule has 0 spiro atoms. The second-order valence-corrected chi connectivity index (χ2v) is 7.59. The first-order valence-electron chi connectivity index (χ1n) is 9.23. The number of nitrogens with one attached hydrogen (secondary N) is 2. The fourth-order valence-corrected chi connectivity index (χ4v) is 3.35. The van der Waals surface area contributed by atoms with E-state index in [-0.39, 0.29) is 0 Å². The van der Waals surface area contributed by atoms with Gasteiger partial charge in [0.05, 0.1) is 12.7 Å². The smallest absolute Gasteiger partial charge is 0.191 e. The van der Waals surface area contributed by atoms with Gasteiger partial charge in [0.25, 0.3) is 0 Å². The molecule has 6 heteroatoms. The van der Waals surface area contributed by atoms with Crippen molar-refractivity contribution >= 4 is 5.96 Å². The topological polar surface area (TPSA) is 74.5 Å². The van der Waals surface area contributed by atoms with Crippen LogP contribution in [0, 0.1) is 17.8 Å². The highest BCUT2D eigenvalue weighted by Crippen LogP contribution is 2.48. The SMILES string of the molecule is CCNC(=NCC(C)(O)c1cnn(C)c1)NCC(C1CC1)C1CC1. The minimum absolute atomic E-state index is 0.311. The normalized spacial score (nSPS) is 21.0. The Labute approximate surface area is 144 Å². The van der Waals surface area contributed by atoms with Crippen LogP contribution in [-0.2, 0) is 12.6 Å². The van der Waals surface area contributed by atoms with Crippen molar-refractivity contribution in [2.24, 2.45) is 29.8 Å². The van der Waals surface area contributed by atoms with Crippen LogP contribution < -0.4 is 10.6 Å². The summed E-state index contributed by atoms with van der Waals surface area (Å²) in [4.78, 5) is 4.61. The van der Waals surface area contributed by atoms with Gasteiger partial charge >= 0.3 is 0 Å². The average Bonchev–Trinajstić information content (AvgIpc) is 3.46. The van der Waals surface area contributed by atoms with Crippen LogP contribution in [0.4, 0.5) is 0 Å². The molecule has 6 nitrogen and oxygen atoms in total. The number of aryl methyl sites for hydroxylation is 1. The molecule has 1 heterocycles. The molecule has 1 aromatic rings. The van der Waals surface area contributed by atoms with E-state index in [1.807, 2.05) is 13.2 Å². The largest absolute Gasteiger partial charge is 0.383 e. The molecule has 2 aliphatic rings. The maximum Gasteiger partial charge on any atom is 0.191 e. The van der Waals surface area contributed by atoms with Crippen LogP contribution in [0.3, 0.4) is 0 Å². The standard InChI is InChI=1S/C18H31N5O/c1-4-19-17(20-10-16(13-5-6-13)14-7-8-14)21-12-18(2,24)15-9-22-23(3)11-15/h9,11,13-14,16,24H,4-8,10,12H2,1-3H3,(H2,19,20,21). The molecule has 0 aliphatic heterocycles. The number of aliphatic hydroxyl groups is 1. The van der Waals surface area contributed by atoms with Crippen LogP contribution in [0.2, 0.25) is 0 Å². The number of hydrogen-bond acceptors (Lipinski definition) is 3. The van der Waals surface area contributed by atoms with Gasteiger partial charge in [-0.3, -0.25) is 4.68 Å². The molecule has 0 bridgehead atoms. The number of hydrogen-bond donors (Lipinski definition) is 3. The van der Waals surface area contributed by atoms with Crippen molar-refractivity contribution in [3.05, 3.63) is 18.0 Å². The Morgan fingerprint density at radius 1 is 1.38 bits per heavy atom. The van der Waals surface area contributed by atoms with Crippen molar-refractivity contribution in [2.75, 3.05) is 19.6 Å². The lowest BCUT2D eigenvalue weighted by Crippen LogP contribution is -2.41. The average molecular weight is 333 g/mol. The van der Waals surface area contributed by atoms with Crippen molar-refractivity contribution in [1.29, 1.82) is 0 Å². The van der Waals surface area contributed by atoms with Crippen molar-refractivity contribution in [2.45, 2.75) is 45.1 Å². The highest BCUT2D eigenvalue weighted by Gasteiger charge is 2.41. The second kappa shape index (κ2) is 7.13. The van der Waals surface area contributed by atoms with E-state index >= 15 is 0 Å². The zero-order valence-electron chi connectivity index (χ0n) is 15.1. The summed E-state index contributed by atoms with van der Waals surface area (Å²) in [5, 5.41) is 21.6. The fourth-order valence-electron chi connectivity index (χ4n) is 3.35. The molecule has 1 aromatic heterocycles. The Morgan fingerprint density at radius 3 is 2.54 bits per heavy atom. The van der Waals surface area contributed by atoms with Gasteiger partial charge in [-0.25, -0.2) is 4.99 Å². The highest BCUT2D eigenvalue weighted by atomic mass is 16.3. The van der Waals surface area contributed by atoms with Gasteiger partial charge in [-0.2, -0.15) is 5.10 Å². The summed E-state index contributed by atoms with van der Waals surface area (Å²) in [7, 11) is 1.85. The van der Waals surface area contributed by atoms with Gasteiger partial charge in [0.15, 0.2) is 5.96 Å². The Balaban J connectivity index is 1.58. The van der Waals surface area contributed by atoms with E-state index in [0.29, 0.717) is 6.54 Å². The van der Waals surface area contributed by atoms with Crippen molar-refractivity contribution in [1.82, 2.24) is 20.4 Å². The summed E-state index contributed by atoms with van der Waals surface area (Å²) >= 11 is 0. The molecule has 24 heavy (non-hydrogen) atoms. The maximum atomic E-state index is 10.7. The van der Waals surface area contributed by atoms with E-state index < -0.39 is 5.60 Å². The monoisotopic (exact) mass is 333 g/mol. The summed E-state index contributed by atoms with van der Waals surface area (Å²) in [5.41, 5.74) is -0.221. The molecule has 2 saturated carbocycles. The first kappa shape index (κ1) is 17.3. The lowest BCUT2D eigenvalue weighted by atomic mass is 9.98. The highest BCUT2D eigenvalue weighted by molar-refractivity contribution is 5.79. The summed E-state index contributed by atoms with van der Waals surface area (Å²) in [5.74, 6) is 3.44. The predicted octanol–water partition coefficient (Wildman–Crippen LogP) is 1.62. The lowest BCUT2D eigenvalue weighted by molar-refractivity contribution is 0.0671. The number of aliphatic imine (C=N–C) groups is 1. The van der Waals surface area contributed by atoms with Crippen LogP contribution in [0.25, 0.3) is 0 Å². The Bertz CT molecular complexity index is 560. The first-order chi connectivity index (χ1) is 11.5. The fraction of sp³-hybridized carbons (Fsp3) is 0.778. The number of aromatic nitrogens is 2. The molecule has 134 valence electrons. The van der Waals surface area contributed by atoms with Crippen molar-refractivity contribution in [3.8, 4) is 0 Å². The maximum absolute atomic E-state index is 10.7. The molecular formula is C18H31N5O. The number of guanidine groups is 1. The Kier molecular flexibility index (Phi) is 5.13. The lowest BCUT2D eigenvalue weighted by Gasteiger charge is -2.22. The summed E-state index contributed by atoms with van der Waals surface area (Å²) in [6, 6.07) is 0. The summed E-state index contributed by atoms with van der Waals surface area (Å²) < 4.78 is 1.70. The molecule has 0 aromatic carbocycles. The number of nitrogens with zero attached hydrogens (tertiary/aromatic N) is 3. The molecule has 0 amide bonds. The van der Waals surface area contributed by atoms with E-state index in [1.165, 1.54) is 25.7 Å². The Hall–Kier alpha value is -1.56. The molecule has 1 unspecified atom stereocenters. The molecule has 0 saturated heterocycles. The van der Waals surface area contributed by atoms with E-state index in [2.05, 4.69) is 27.6 Å². The third-order valence-electron chi connectivity index (χ3n) is 5.18. The van der Waals surface area contributed by atoms with Gasteiger partial charge in [0.2, 0.25) is 0 Å². The Morgan fingerprint density at radius 2 is 2.04 bits per heavy atom. The van der Waals surface area contributed by atoms with E-state index in [0.717, 1.165) is 42.4 Å². The third kappa shape index (κ3) is 4.50. The van der Waals surface area contributed by atoms with Crippen LogP contribution >= 0.6 is 0 Å².